The highest BCUT2D eigenvalue weighted by Gasteiger charge is 1.93. The molecule has 0 aliphatic heterocycles. The summed E-state index contributed by atoms with van der Waals surface area (Å²) < 4.78 is 1.18. The van der Waals surface area contributed by atoms with Gasteiger partial charge in [0.05, 0.1) is 6.54 Å². The van der Waals surface area contributed by atoms with Gasteiger partial charge in [-0.25, -0.2) is 9.47 Å². The van der Waals surface area contributed by atoms with Crippen molar-refractivity contribution in [1.82, 2.24) is 9.66 Å². The first-order valence-corrected chi connectivity index (χ1v) is 3.26. The monoisotopic (exact) mass is 164 g/mol. The maximum absolute atomic E-state index is 11.0. The molecule has 1 rings (SSSR count). The highest BCUT2D eigenvalue weighted by molar-refractivity contribution is 5.23. The number of anilines is 1. The summed E-state index contributed by atoms with van der Waals surface area (Å²) in [5, 5.41) is 0. The second-order valence-corrected chi connectivity index (χ2v) is 2.04. The summed E-state index contributed by atoms with van der Waals surface area (Å²) in [7, 11) is 0. The van der Waals surface area contributed by atoms with Gasteiger partial charge in [0.1, 0.15) is 5.82 Å². The molecule has 0 aliphatic carbocycles. The number of nitrogens with zero attached hydrogens (tertiary/aromatic N) is 2. The molecule has 0 unspecified atom stereocenters. The molecule has 5 nitrogen and oxygen atoms in total. The van der Waals surface area contributed by atoms with Crippen LogP contribution in [0.3, 0.4) is 0 Å². The number of rotatable bonds is 2. The van der Waals surface area contributed by atoms with E-state index in [-0.39, 0.29) is 12.4 Å². The Hall–Kier alpha value is -1.96. The van der Waals surface area contributed by atoms with E-state index in [4.69, 9.17) is 12.2 Å². The molecule has 5 heteroatoms. The molecular weight excluding hydrogens is 156 g/mol. The third-order valence-electron chi connectivity index (χ3n) is 1.18. The molecule has 12 heavy (non-hydrogen) atoms. The Balaban J connectivity index is 2.89. The predicted molar refractivity (Wildman–Crippen MR) is 46.0 cm³/mol. The van der Waals surface area contributed by atoms with Crippen LogP contribution >= 0.6 is 0 Å². The highest BCUT2D eigenvalue weighted by atomic mass is 16.1. The molecule has 0 atom stereocenters. The SMILES string of the molecule is C#CCNn1ccc(N)nc1=O. The maximum atomic E-state index is 11.0. The Labute approximate surface area is 69.2 Å². The van der Waals surface area contributed by atoms with Gasteiger partial charge in [0, 0.05) is 6.20 Å². The van der Waals surface area contributed by atoms with E-state index in [1.165, 1.54) is 16.9 Å². The van der Waals surface area contributed by atoms with Crippen molar-refractivity contribution >= 4 is 5.82 Å². The van der Waals surface area contributed by atoms with Crippen LogP contribution in [0.1, 0.15) is 0 Å². The Morgan fingerprint density at radius 1 is 1.83 bits per heavy atom. The van der Waals surface area contributed by atoms with E-state index in [2.05, 4.69) is 16.3 Å². The van der Waals surface area contributed by atoms with Crippen LogP contribution in [0, 0.1) is 12.3 Å². The molecule has 0 radical (unpaired) electrons. The van der Waals surface area contributed by atoms with E-state index in [0.29, 0.717) is 0 Å². The number of nitrogens with two attached hydrogens (primary N) is 1. The fourth-order valence-corrected chi connectivity index (χ4v) is 0.667. The second kappa shape index (κ2) is 3.44. The molecule has 3 N–H and O–H groups in total. The minimum atomic E-state index is -0.467. The molecule has 0 spiro atoms. The van der Waals surface area contributed by atoms with Crippen molar-refractivity contribution in [3.63, 3.8) is 0 Å². The summed E-state index contributed by atoms with van der Waals surface area (Å²) in [6.07, 6.45) is 6.46. The van der Waals surface area contributed by atoms with Crippen LogP contribution in [-0.4, -0.2) is 16.2 Å². The van der Waals surface area contributed by atoms with Crippen molar-refractivity contribution < 1.29 is 0 Å². The Morgan fingerprint density at radius 2 is 2.58 bits per heavy atom. The van der Waals surface area contributed by atoms with Gasteiger partial charge in [0.2, 0.25) is 0 Å². The summed E-state index contributed by atoms with van der Waals surface area (Å²) in [4.78, 5) is 14.5. The molecule has 0 aliphatic rings. The lowest BCUT2D eigenvalue weighted by Crippen LogP contribution is -2.30. The topological polar surface area (TPSA) is 72.9 Å². The third kappa shape index (κ3) is 1.76. The smallest absolute Gasteiger partial charge is 0.368 e. The van der Waals surface area contributed by atoms with Gasteiger partial charge in [-0.05, 0) is 6.07 Å². The molecule has 0 saturated carbocycles. The molecule has 0 bridgehead atoms. The fourth-order valence-electron chi connectivity index (χ4n) is 0.667. The second-order valence-electron chi connectivity index (χ2n) is 2.04. The molecule has 1 heterocycles. The third-order valence-corrected chi connectivity index (χ3v) is 1.18. The lowest BCUT2D eigenvalue weighted by Gasteiger charge is -2.03. The van der Waals surface area contributed by atoms with Crippen molar-refractivity contribution in [3.05, 3.63) is 22.7 Å². The lowest BCUT2D eigenvalue weighted by atomic mass is 10.6. The number of nitrogen functional groups attached to an aromatic ring is 1. The summed E-state index contributed by atoms with van der Waals surface area (Å²) in [6.45, 7) is 0.269. The zero-order chi connectivity index (χ0) is 8.97. The normalized spacial score (nSPS) is 8.92. The van der Waals surface area contributed by atoms with Crippen molar-refractivity contribution in [2.24, 2.45) is 0 Å². The van der Waals surface area contributed by atoms with E-state index in [9.17, 15) is 4.79 Å². The van der Waals surface area contributed by atoms with Crippen LogP contribution in [0.4, 0.5) is 5.82 Å². The van der Waals surface area contributed by atoms with E-state index in [1.54, 1.807) is 0 Å². The van der Waals surface area contributed by atoms with Gasteiger partial charge < -0.3 is 11.2 Å². The molecule has 62 valence electrons. The first-order valence-electron chi connectivity index (χ1n) is 3.26. The van der Waals surface area contributed by atoms with E-state index < -0.39 is 5.69 Å². The van der Waals surface area contributed by atoms with Crippen LogP contribution in [-0.2, 0) is 0 Å². The van der Waals surface area contributed by atoms with Crippen molar-refractivity contribution in [1.29, 1.82) is 0 Å². The van der Waals surface area contributed by atoms with E-state index in [1.807, 2.05) is 0 Å². The average molecular weight is 164 g/mol. The summed E-state index contributed by atoms with van der Waals surface area (Å²) >= 11 is 0. The quantitative estimate of drug-likeness (QED) is 0.550. The van der Waals surface area contributed by atoms with Crippen molar-refractivity contribution in [3.8, 4) is 12.3 Å². The van der Waals surface area contributed by atoms with Gasteiger partial charge >= 0.3 is 5.69 Å². The maximum Gasteiger partial charge on any atom is 0.368 e. The average Bonchev–Trinajstić information content (AvgIpc) is 2.03. The number of nitrogens with one attached hydrogen (secondary N) is 1. The summed E-state index contributed by atoms with van der Waals surface area (Å²) in [5.74, 6) is 2.52. The minimum absolute atomic E-state index is 0.193. The van der Waals surface area contributed by atoms with Crippen LogP contribution in [0.25, 0.3) is 0 Å². The predicted octanol–water partition coefficient (Wildman–Crippen LogP) is -0.998. The van der Waals surface area contributed by atoms with Crippen LogP contribution < -0.4 is 16.8 Å². The first-order chi connectivity index (χ1) is 5.74. The molecule has 0 aromatic carbocycles. The molecule has 0 fully saturated rings. The molecule has 0 amide bonds. The Kier molecular flexibility index (Phi) is 2.33. The Bertz CT molecular complexity index is 362. The Morgan fingerprint density at radius 3 is 3.17 bits per heavy atom. The number of aromatic nitrogens is 2. The van der Waals surface area contributed by atoms with Crippen LogP contribution in [0.2, 0.25) is 0 Å². The van der Waals surface area contributed by atoms with Gasteiger partial charge in [-0.2, -0.15) is 4.98 Å². The highest BCUT2D eigenvalue weighted by Crippen LogP contribution is 1.86. The largest absolute Gasteiger partial charge is 0.383 e. The van der Waals surface area contributed by atoms with Gasteiger partial charge in [0.15, 0.2) is 0 Å². The van der Waals surface area contributed by atoms with Crippen LogP contribution in [0.5, 0.6) is 0 Å². The van der Waals surface area contributed by atoms with Gasteiger partial charge in [0.25, 0.3) is 0 Å². The zero-order valence-corrected chi connectivity index (χ0v) is 6.32. The van der Waals surface area contributed by atoms with Gasteiger partial charge in [-0.15, -0.1) is 6.42 Å². The van der Waals surface area contributed by atoms with Crippen LogP contribution in [0.15, 0.2) is 17.1 Å². The van der Waals surface area contributed by atoms with Gasteiger partial charge in [-0.1, -0.05) is 5.92 Å². The fraction of sp³-hybridized carbons (Fsp3) is 0.143. The molecule has 1 aromatic rings. The van der Waals surface area contributed by atoms with E-state index in [0.717, 1.165) is 0 Å². The zero-order valence-electron chi connectivity index (χ0n) is 6.32. The molecule has 1 aromatic heterocycles. The van der Waals surface area contributed by atoms with Gasteiger partial charge in [-0.3, -0.25) is 0 Å². The lowest BCUT2D eigenvalue weighted by molar-refractivity contribution is 0.808. The standard InChI is InChI=1S/C7H8N4O/c1-2-4-9-11-5-3-6(8)10-7(11)12/h1,3,5,9H,4H2,(H2,8,10,12). The minimum Gasteiger partial charge on any atom is -0.383 e. The number of hydrogen-bond donors (Lipinski definition) is 2. The first kappa shape index (κ1) is 8.14. The van der Waals surface area contributed by atoms with Crippen molar-refractivity contribution in [2.45, 2.75) is 0 Å². The number of terminal acetylenes is 1. The van der Waals surface area contributed by atoms with E-state index >= 15 is 0 Å². The summed E-state index contributed by atoms with van der Waals surface area (Å²) in [6, 6.07) is 1.50. The summed E-state index contributed by atoms with van der Waals surface area (Å²) in [5.41, 5.74) is 7.44. The molecular formula is C7H8N4O. The number of hydrogen-bond acceptors (Lipinski definition) is 4. The molecule has 0 saturated heterocycles. The van der Waals surface area contributed by atoms with Crippen molar-refractivity contribution in [2.75, 3.05) is 17.7 Å².